The number of nitrogens with two attached hydrogens (primary N) is 1. The van der Waals surface area contributed by atoms with Crippen LogP contribution in [0.4, 0.5) is 17.5 Å². The fraction of sp³-hybridized carbons (Fsp3) is 0.296. The van der Waals surface area contributed by atoms with Crippen molar-refractivity contribution in [3.05, 3.63) is 77.0 Å². The molecule has 2 amide bonds. The van der Waals surface area contributed by atoms with Crippen molar-refractivity contribution < 1.29 is 14.7 Å². The molecule has 10 nitrogen and oxygen atoms in total. The van der Waals surface area contributed by atoms with Gasteiger partial charge in [0.05, 0.1) is 12.6 Å². The van der Waals surface area contributed by atoms with Gasteiger partial charge >= 0.3 is 0 Å². The van der Waals surface area contributed by atoms with Gasteiger partial charge in [-0.3, -0.25) is 9.59 Å². The highest BCUT2D eigenvalue weighted by molar-refractivity contribution is 6.06. The van der Waals surface area contributed by atoms with Crippen LogP contribution in [0, 0.1) is 5.41 Å². The summed E-state index contributed by atoms with van der Waals surface area (Å²) in [5.41, 5.74) is 8.76. The highest BCUT2D eigenvalue weighted by Crippen LogP contribution is 2.26. The number of aromatic nitrogens is 2. The van der Waals surface area contributed by atoms with Gasteiger partial charge in [-0.1, -0.05) is 51.1 Å². The number of hydrogen-bond acceptors (Lipinski definition) is 7. The Morgan fingerprint density at radius 2 is 1.97 bits per heavy atom. The molecule has 1 aliphatic rings. The molecule has 0 bridgehead atoms. The fourth-order valence-electron chi connectivity index (χ4n) is 3.77. The van der Waals surface area contributed by atoms with Crippen molar-refractivity contribution in [3.63, 3.8) is 0 Å². The van der Waals surface area contributed by atoms with Crippen molar-refractivity contribution >= 4 is 35.1 Å². The predicted octanol–water partition coefficient (Wildman–Crippen LogP) is 3.20. The van der Waals surface area contributed by atoms with E-state index in [9.17, 15) is 14.7 Å². The maximum atomic E-state index is 13.1. The molecule has 1 aromatic heterocycles. The van der Waals surface area contributed by atoms with Crippen molar-refractivity contribution in [2.24, 2.45) is 16.1 Å². The third-order valence-corrected chi connectivity index (χ3v) is 5.99. The van der Waals surface area contributed by atoms with E-state index in [1.54, 1.807) is 12.1 Å². The normalized spacial score (nSPS) is 14.4. The number of nitrogens with one attached hydrogen (secondary N) is 3. The summed E-state index contributed by atoms with van der Waals surface area (Å²) in [6.45, 7) is 5.94. The van der Waals surface area contributed by atoms with Crippen LogP contribution in [0.2, 0.25) is 0 Å². The number of carbonyl (C=O) groups excluding carboxylic acids is 2. The van der Waals surface area contributed by atoms with E-state index in [4.69, 9.17) is 5.73 Å². The second kappa shape index (κ2) is 10.8. The van der Waals surface area contributed by atoms with Gasteiger partial charge in [0.15, 0.2) is 0 Å². The summed E-state index contributed by atoms with van der Waals surface area (Å²) in [7, 11) is 0. The summed E-state index contributed by atoms with van der Waals surface area (Å²) in [6.07, 6.45) is 2.10. The molecule has 0 radical (unpaired) electrons. The first-order chi connectivity index (χ1) is 17.7. The van der Waals surface area contributed by atoms with Gasteiger partial charge in [-0.05, 0) is 35.7 Å². The largest absolute Gasteiger partial charge is 0.394 e. The molecule has 10 heteroatoms. The first kappa shape index (κ1) is 25.8. The van der Waals surface area contributed by atoms with Crippen LogP contribution in [-0.4, -0.2) is 45.9 Å². The lowest BCUT2D eigenvalue weighted by Crippen LogP contribution is -2.31. The van der Waals surface area contributed by atoms with Crippen LogP contribution >= 0.6 is 0 Å². The molecule has 0 saturated carbocycles. The van der Waals surface area contributed by atoms with E-state index in [0.717, 1.165) is 17.5 Å². The van der Waals surface area contributed by atoms with E-state index in [1.807, 2.05) is 57.2 Å². The molecule has 4 rings (SSSR count). The molecule has 37 heavy (non-hydrogen) atoms. The maximum Gasteiger partial charge on any atom is 0.283 e. The van der Waals surface area contributed by atoms with Gasteiger partial charge in [0.25, 0.3) is 11.8 Å². The van der Waals surface area contributed by atoms with E-state index in [0.29, 0.717) is 17.8 Å². The summed E-state index contributed by atoms with van der Waals surface area (Å²) >= 11 is 0. The Balaban J connectivity index is 1.68. The Kier molecular flexibility index (Phi) is 7.49. The molecular formula is C27H31N7O3. The molecule has 0 aliphatic carbocycles. The van der Waals surface area contributed by atoms with Gasteiger partial charge in [0, 0.05) is 29.4 Å². The second-order valence-corrected chi connectivity index (χ2v) is 9.80. The van der Waals surface area contributed by atoms with Crippen molar-refractivity contribution in [2.45, 2.75) is 33.2 Å². The van der Waals surface area contributed by atoms with Crippen molar-refractivity contribution in [1.29, 1.82) is 0 Å². The maximum absolute atomic E-state index is 13.1. The van der Waals surface area contributed by atoms with Gasteiger partial charge in [-0.2, -0.15) is 9.98 Å². The Labute approximate surface area is 215 Å². The number of rotatable bonds is 7. The summed E-state index contributed by atoms with van der Waals surface area (Å²) < 4.78 is 0. The molecule has 2 heterocycles. The molecule has 0 fully saturated rings. The minimum Gasteiger partial charge on any atom is -0.394 e. The highest BCUT2D eigenvalue weighted by Gasteiger charge is 2.22. The first-order valence-electron chi connectivity index (χ1n) is 12.0. The minimum atomic E-state index is -0.592. The molecule has 0 unspecified atom stereocenters. The molecule has 3 aromatic rings. The molecule has 0 saturated heterocycles. The van der Waals surface area contributed by atoms with E-state index >= 15 is 0 Å². The molecule has 1 atom stereocenters. The zero-order valence-electron chi connectivity index (χ0n) is 21.1. The number of nitrogens with zero attached hydrogens (tertiary/aromatic N) is 3. The summed E-state index contributed by atoms with van der Waals surface area (Å²) in [6, 6.07) is 14.2. The van der Waals surface area contributed by atoms with Crippen LogP contribution in [0.3, 0.4) is 0 Å². The number of aliphatic imine (C=N–C) groups is 1. The van der Waals surface area contributed by atoms with E-state index in [-0.39, 0.29) is 35.7 Å². The van der Waals surface area contributed by atoms with Gasteiger partial charge in [0.1, 0.15) is 17.2 Å². The predicted molar refractivity (Wildman–Crippen MR) is 143 cm³/mol. The number of carbonyl (C=O) groups is 2. The smallest absolute Gasteiger partial charge is 0.283 e. The van der Waals surface area contributed by atoms with Crippen molar-refractivity contribution in [3.8, 4) is 0 Å². The van der Waals surface area contributed by atoms with Gasteiger partial charge in [0.2, 0.25) is 5.95 Å². The Morgan fingerprint density at radius 3 is 2.68 bits per heavy atom. The standard InChI is InChI=1S/C27H31N7O3/c1-27(2,3)25(28)34-24(37)20-14-30-26(31-18-9-10-19-17(13-18)11-12-29-23(19)36)33-22(20)32-21(15-35)16-7-5-4-6-8-16/h4-10,13-14,21,35H,11-12,15H2,1-3H3,(H,29,36)(H2,28,34,37)(H2,30,31,32,33)/t21-/m1/s1. The van der Waals surface area contributed by atoms with Crippen LogP contribution in [0.25, 0.3) is 0 Å². The van der Waals surface area contributed by atoms with Crippen LogP contribution in [0.15, 0.2) is 59.7 Å². The average Bonchev–Trinajstić information content (AvgIpc) is 2.87. The number of aliphatic hydroxyl groups excluding tert-OH is 1. The Hall–Kier alpha value is -4.31. The summed E-state index contributed by atoms with van der Waals surface area (Å²) in [4.78, 5) is 38.1. The number of amidine groups is 1. The third-order valence-electron chi connectivity index (χ3n) is 5.99. The second-order valence-electron chi connectivity index (χ2n) is 9.80. The van der Waals surface area contributed by atoms with Crippen LogP contribution in [0.5, 0.6) is 0 Å². The quantitative estimate of drug-likeness (QED) is 0.244. The molecule has 6 N–H and O–H groups in total. The number of benzene rings is 2. The van der Waals surface area contributed by atoms with Gasteiger partial charge in [-0.25, -0.2) is 4.98 Å². The Morgan fingerprint density at radius 1 is 1.22 bits per heavy atom. The molecule has 0 spiro atoms. The SMILES string of the molecule is CC(C)(C)C(N)=NC(=O)c1cnc(Nc2ccc3c(c2)CCNC3=O)nc1N[C@H](CO)c1ccccc1. The minimum absolute atomic E-state index is 0.0931. The summed E-state index contributed by atoms with van der Waals surface area (Å²) in [5.74, 6) is -0.0639. The lowest BCUT2D eigenvalue weighted by Gasteiger charge is -2.20. The lowest BCUT2D eigenvalue weighted by molar-refractivity contribution is 0.0945. The number of aliphatic hydroxyl groups is 1. The lowest BCUT2D eigenvalue weighted by atomic mass is 9.95. The number of hydrogen-bond donors (Lipinski definition) is 5. The van der Waals surface area contributed by atoms with E-state index in [2.05, 4.69) is 30.9 Å². The van der Waals surface area contributed by atoms with Crippen LogP contribution in [-0.2, 0) is 6.42 Å². The molecular weight excluding hydrogens is 470 g/mol. The molecule has 2 aromatic carbocycles. The monoisotopic (exact) mass is 501 g/mol. The van der Waals surface area contributed by atoms with Gasteiger partial charge in [-0.15, -0.1) is 0 Å². The van der Waals surface area contributed by atoms with Gasteiger partial charge < -0.3 is 26.8 Å². The zero-order chi connectivity index (χ0) is 26.6. The molecule has 192 valence electrons. The zero-order valence-corrected chi connectivity index (χ0v) is 21.1. The van der Waals surface area contributed by atoms with Crippen molar-refractivity contribution in [2.75, 3.05) is 23.8 Å². The Bertz CT molecular complexity index is 1330. The first-order valence-corrected chi connectivity index (χ1v) is 12.0. The summed E-state index contributed by atoms with van der Waals surface area (Å²) in [5, 5.41) is 19.2. The average molecular weight is 502 g/mol. The number of fused-ring (bicyclic) bond motifs is 1. The fourth-order valence-corrected chi connectivity index (χ4v) is 3.77. The highest BCUT2D eigenvalue weighted by atomic mass is 16.3. The van der Waals surface area contributed by atoms with E-state index < -0.39 is 17.4 Å². The number of anilines is 3. The van der Waals surface area contributed by atoms with Crippen LogP contribution in [0.1, 0.15) is 58.7 Å². The molecule has 1 aliphatic heterocycles. The van der Waals surface area contributed by atoms with Crippen LogP contribution < -0.4 is 21.7 Å². The van der Waals surface area contributed by atoms with Crippen molar-refractivity contribution in [1.82, 2.24) is 15.3 Å². The third kappa shape index (κ3) is 6.10. The van der Waals surface area contributed by atoms with E-state index in [1.165, 1.54) is 6.20 Å². The number of amides is 2. The topological polar surface area (TPSA) is 155 Å².